The zero-order valence-corrected chi connectivity index (χ0v) is 64.6. The zero-order valence-electron chi connectivity index (χ0n) is 62.8. The maximum absolute atomic E-state index is 13.1. The van der Waals surface area contributed by atoms with Crippen LogP contribution in [0.15, 0.2) is 0 Å². The molecule has 0 saturated heterocycles. The molecule has 3 unspecified atom stereocenters. The van der Waals surface area contributed by atoms with Crippen molar-refractivity contribution in [2.24, 2.45) is 17.8 Å². The van der Waals surface area contributed by atoms with Gasteiger partial charge in [-0.15, -0.1) is 0 Å². The van der Waals surface area contributed by atoms with Gasteiger partial charge in [0.2, 0.25) is 0 Å². The maximum atomic E-state index is 13.1. The summed E-state index contributed by atoms with van der Waals surface area (Å²) in [5.41, 5.74) is 0. The first-order chi connectivity index (χ1) is 46.3. The second kappa shape index (κ2) is 67.5. The lowest BCUT2D eigenvalue weighted by molar-refractivity contribution is -0.161. The third-order valence-corrected chi connectivity index (χ3v) is 20.1. The number of hydrogen-bond acceptors (Lipinski definition) is 15. The molecule has 0 aliphatic heterocycles. The molecule has 0 fully saturated rings. The number of phosphoric ester groups is 2. The largest absolute Gasteiger partial charge is 0.472 e. The van der Waals surface area contributed by atoms with Gasteiger partial charge in [-0.2, -0.15) is 0 Å². The molecule has 96 heavy (non-hydrogen) atoms. The lowest BCUT2D eigenvalue weighted by Gasteiger charge is -2.21. The number of carbonyl (C=O) groups is 4. The smallest absolute Gasteiger partial charge is 0.462 e. The second-order valence-corrected chi connectivity index (χ2v) is 31.8. The number of hydrogen-bond donors (Lipinski definition) is 3. The summed E-state index contributed by atoms with van der Waals surface area (Å²) >= 11 is 0. The lowest BCUT2D eigenvalue weighted by atomic mass is 9.99. The molecule has 0 heterocycles. The summed E-state index contributed by atoms with van der Waals surface area (Å²) in [4.78, 5) is 72.7. The minimum Gasteiger partial charge on any atom is -0.462 e. The van der Waals surface area contributed by atoms with E-state index in [9.17, 15) is 43.2 Å². The van der Waals surface area contributed by atoms with E-state index in [4.69, 9.17) is 37.0 Å². The Balaban J connectivity index is 5.20. The Hall–Kier alpha value is -1.94. The van der Waals surface area contributed by atoms with Gasteiger partial charge in [0.15, 0.2) is 12.2 Å². The van der Waals surface area contributed by atoms with Crippen LogP contribution in [0.25, 0.3) is 0 Å². The summed E-state index contributed by atoms with van der Waals surface area (Å²) in [5.74, 6) is 0.291. The minimum absolute atomic E-state index is 0.106. The first-order valence-corrected chi connectivity index (χ1v) is 42.9. The summed E-state index contributed by atoms with van der Waals surface area (Å²) in [6.45, 7) is 11.9. The average molecular weight is 1410 g/mol. The van der Waals surface area contributed by atoms with E-state index in [1.54, 1.807) is 0 Å². The van der Waals surface area contributed by atoms with Crippen molar-refractivity contribution in [3.05, 3.63) is 0 Å². The molecule has 0 spiro atoms. The molecule has 0 aliphatic rings. The fourth-order valence-electron chi connectivity index (χ4n) is 11.7. The number of aliphatic hydroxyl groups is 1. The summed E-state index contributed by atoms with van der Waals surface area (Å²) in [5, 5.41) is 10.6. The van der Waals surface area contributed by atoms with E-state index in [0.717, 1.165) is 120 Å². The van der Waals surface area contributed by atoms with E-state index in [-0.39, 0.29) is 25.7 Å². The van der Waals surface area contributed by atoms with Gasteiger partial charge >= 0.3 is 39.5 Å². The Labute approximate surface area is 588 Å². The number of esters is 4. The van der Waals surface area contributed by atoms with E-state index in [0.29, 0.717) is 25.7 Å². The molecule has 17 nitrogen and oxygen atoms in total. The van der Waals surface area contributed by atoms with Gasteiger partial charge < -0.3 is 33.8 Å². The monoisotopic (exact) mass is 1410 g/mol. The molecule has 6 atom stereocenters. The van der Waals surface area contributed by atoms with Crippen molar-refractivity contribution in [3.8, 4) is 0 Å². The van der Waals surface area contributed by atoms with E-state index in [1.807, 2.05) is 0 Å². The second-order valence-electron chi connectivity index (χ2n) is 28.9. The van der Waals surface area contributed by atoms with Crippen LogP contribution in [0.3, 0.4) is 0 Å². The fourth-order valence-corrected chi connectivity index (χ4v) is 13.3. The van der Waals surface area contributed by atoms with Crippen LogP contribution in [0.2, 0.25) is 0 Å². The number of carbonyl (C=O) groups excluding carboxylic acids is 4. The highest BCUT2D eigenvalue weighted by Crippen LogP contribution is 2.45. The number of ether oxygens (including phenoxy) is 4. The number of phosphoric acid groups is 2. The quantitative estimate of drug-likeness (QED) is 0.0222. The van der Waals surface area contributed by atoms with Crippen LogP contribution in [-0.4, -0.2) is 96.7 Å². The Morgan fingerprint density at radius 2 is 0.531 bits per heavy atom. The Morgan fingerprint density at radius 3 is 0.792 bits per heavy atom. The van der Waals surface area contributed by atoms with Crippen molar-refractivity contribution in [3.63, 3.8) is 0 Å². The van der Waals surface area contributed by atoms with Gasteiger partial charge in [0.1, 0.15) is 19.3 Å². The van der Waals surface area contributed by atoms with E-state index in [2.05, 4.69) is 48.5 Å². The van der Waals surface area contributed by atoms with Crippen molar-refractivity contribution in [2.45, 2.75) is 414 Å². The first-order valence-electron chi connectivity index (χ1n) is 39.9. The highest BCUT2D eigenvalue weighted by Gasteiger charge is 2.30. The predicted octanol–water partition coefficient (Wildman–Crippen LogP) is 22.6. The standard InChI is InChI=1S/C77H150O17P2/c1-8-10-11-12-34-44-51-58-74(79)87-64-72(93-77(82)61-54-47-40-33-27-21-23-29-36-42-49-56-69(5)6)66-91-95(83,84)89-62-71(78)63-90-96(85,86)92-67-73(65-88-75(80)59-52-45-38-31-25-19-15-13-17-22-28-35-41-48-55-68(3)4)94-76(81)60-53-46-39-32-26-20-16-14-18-24-30-37-43-50-57-70(7)9-2/h68-73,78H,8-67H2,1-7H3,(H,83,84)(H,85,86)/t70?,71-,72+,73+/m0/s1. The zero-order chi connectivity index (χ0) is 70.9. The van der Waals surface area contributed by atoms with Gasteiger partial charge in [-0.3, -0.25) is 37.3 Å². The van der Waals surface area contributed by atoms with Gasteiger partial charge in [-0.05, 0) is 43.4 Å². The number of aliphatic hydroxyl groups excluding tert-OH is 1. The van der Waals surface area contributed by atoms with Crippen molar-refractivity contribution in [1.82, 2.24) is 0 Å². The normalized spacial score (nSPS) is 14.3. The molecule has 0 aromatic carbocycles. The molecule has 0 radical (unpaired) electrons. The molecule has 0 aromatic heterocycles. The molecule has 0 saturated carbocycles. The summed E-state index contributed by atoms with van der Waals surface area (Å²) < 4.78 is 68.5. The summed E-state index contributed by atoms with van der Waals surface area (Å²) in [6, 6.07) is 0. The van der Waals surface area contributed by atoms with Crippen molar-refractivity contribution < 1.29 is 80.2 Å². The van der Waals surface area contributed by atoms with E-state index in [1.165, 1.54) is 193 Å². The third kappa shape index (κ3) is 69.2. The topological polar surface area (TPSA) is 237 Å². The SMILES string of the molecule is CCCCCCCCCC(=O)OC[C@H](COP(=O)(O)OC[C@H](O)COP(=O)(O)OC[C@@H](COC(=O)CCCCCCCCCCCCCCCCC(C)C)OC(=O)CCCCCCCCCCCCCCCCC(C)CC)OC(=O)CCCCCCCCCCCCCC(C)C. The Bertz CT molecular complexity index is 1870. The van der Waals surface area contributed by atoms with E-state index < -0.39 is 97.5 Å². The van der Waals surface area contributed by atoms with Crippen molar-refractivity contribution in [1.29, 1.82) is 0 Å². The molecular weight excluding hydrogens is 1260 g/mol. The van der Waals surface area contributed by atoms with Crippen LogP contribution in [0, 0.1) is 17.8 Å². The van der Waals surface area contributed by atoms with Crippen molar-refractivity contribution in [2.75, 3.05) is 39.6 Å². The molecule has 3 N–H and O–H groups in total. The summed E-state index contributed by atoms with van der Waals surface area (Å²) in [7, 11) is -9.91. The average Bonchev–Trinajstić information content (AvgIpc) is 1.26. The lowest BCUT2D eigenvalue weighted by Crippen LogP contribution is -2.30. The highest BCUT2D eigenvalue weighted by molar-refractivity contribution is 7.47. The molecule has 19 heteroatoms. The fraction of sp³-hybridized carbons (Fsp3) is 0.948. The van der Waals surface area contributed by atoms with Crippen LogP contribution in [0.1, 0.15) is 395 Å². The van der Waals surface area contributed by atoms with Crippen LogP contribution in [0.4, 0.5) is 0 Å². The number of unbranched alkanes of at least 4 members (excludes halogenated alkanes) is 42. The third-order valence-electron chi connectivity index (χ3n) is 18.2. The molecule has 0 amide bonds. The van der Waals surface area contributed by atoms with Crippen LogP contribution >= 0.6 is 15.6 Å². The predicted molar refractivity (Wildman–Crippen MR) is 391 cm³/mol. The molecule has 570 valence electrons. The van der Waals surface area contributed by atoms with Gasteiger partial charge in [0.05, 0.1) is 26.4 Å². The van der Waals surface area contributed by atoms with Crippen LogP contribution < -0.4 is 0 Å². The van der Waals surface area contributed by atoms with Gasteiger partial charge in [0.25, 0.3) is 0 Å². The first kappa shape index (κ1) is 94.1. The van der Waals surface area contributed by atoms with E-state index >= 15 is 0 Å². The van der Waals surface area contributed by atoms with Crippen LogP contribution in [0.5, 0.6) is 0 Å². The molecule has 0 rings (SSSR count). The Morgan fingerprint density at radius 1 is 0.302 bits per heavy atom. The minimum atomic E-state index is -4.96. The van der Waals surface area contributed by atoms with Gasteiger partial charge in [-0.25, -0.2) is 9.13 Å². The summed E-state index contributed by atoms with van der Waals surface area (Å²) in [6.07, 6.45) is 54.1. The molecule has 0 aliphatic carbocycles. The van der Waals surface area contributed by atoms with Gasteiger partial charge in [0, 0.05) is 25.7 Å². The molecule has 0 aromatic rings. The molecule has 0 bridgehead atoms. The highest BCUT2D eigenvalue weighted by atomic mass is 31.2. The Kier molecular flexibility index (Phi) is 66.2. The van der Waals surface area contributed by atoms with Gasteiger partial charge in [-0.1, -0.05) is 344 Å². The maximum Gasteiger partial charge on any atom is 0.472 e. The van der Waals surface area contributed by atoms with Crippen molar-refractivity contribution >= 4 is 39.5 Å². The van der Waals surface area contributed by atoms with Crippen LogP contribution in [-0.2, 0) is 65.4 Å². The number of rotatable bonds is 75. The molecular formula is C77H150O17P2.